The van der Waals surface area contributed by atoms with Gasteiger partial charge in [-0.1, -0.05) is 0 Å². The van der Waals surface area contributed by atoms with Gasteiger partial charge in [-0.05, 0) is 68.2 Å². The Labute approximate surface area is 186 Å². The molecule has 8 heteroatoms. The first-order valence-corrected chi connectivity index (χ1v) is 12.2. The van der Waals surface area contributed by atoms with Crippen molar-refractivity contribution in [3.05, 3.63) is 40.2 Å². The quantitative estimate of drug-likeness (QED) is 0.749. The fourth-order valence-electron chi connectivity index (χ4n) is 4.61. The van der Waals surface area contributed by atoms with Crippen molar-refractivity contribution >= 4 is 29.0 Å². The molecule has 2 aromatic rings. The predicted octanol–water partition coefficient (Wildman–Crippen LogP) is 3.05. The Hall–Kier alpha value is -2.48. The van der Waals surface area contributed by atoms with Crippen LogP contribution in [-0.4, -0.2) is 59.1 Å². The Kier molecular flexibility index (Phi) is 5.89. The highest BCUT2D eigenvalue weighted by atomic mass is 32.1. The topological polar surface area (TPSA) is 78.4 Å². The Morgan fingerprint density at radius 1 is 1.06 bits per heavy atom. The molecule has 0 spiro atoms. The second-order valence-electron chi connectivity index (χ2n) is 8.99. The van der Waals surface area contributed by atoms with E-state index in [2.05, 4.69) is 26.5 Å². The monoisotopic (exact) mass is 439 g/mol. The Balaban J connectivity index is 1.11. The minimum Gasteiger partial charge on any atom is -0.353 e. The fourth-order valence-corrected chi connectivity index (χ4v) is 5.69. The van der Waals surface area contributed by atoms with E-state index in [-0.39, 0.29) is 11.9 Å². The van der Waals surface area contributed by atoms with E-state index >= 15 is 0 Å². The molecule has 1 saturated carbocycles. The van der Waals surface area contributed by atoms with Gasteiger partial charge in [0.2, 0.25) is 5.91 Å². The van der Waals surface area contributed by atoms with Crippen LogP contribution in [0.4, 0.5) is 5.82 Å². The summed E-state index contributed by atoms with van der Waals surface area (Å²) in [4.78, 5) is 31.4. The number of hydrogen-bond donors (Lipinski definition) is 1. The number of thiophene rings is 1. The van der Waals surface area contributed by atoms with Gasteiger partial charge in [-0.3, -0.25) is 9.59 Å². The van der Waals surface area contributed by atoms with E-state index in [1.165, 1.54) is 17.7 Å². The van der Waals surface area contributed by atoms with E-state index in [0.717, 1.165) is 62.6 Å². The van der Waals surface area contributed by atoms with Crippen LogP contribution in [-0.2, 0) is 4.79 Å². The lowest BCUT2D eigenvalue weighted by molar-refractivity contribution is -0.132. The van der Waals surface area contributed by atoms with Gasteiger partial charge in [-0.25, -0.2) is 0 Å². The minimum atomic E-state index is 0.0132. The highest BCUT2D eigenvalue weighted by Gasteiger charge is 2.30. The van der Waals surface area contributed by atoms with Crippen LogP contribution in [0.1, 0.15) is 59.0 Å². The molecule has 0 aromatic carbocycles. The molecule has 4 heterocycles. The zero-order chi connectivity index (χ0) is 21.2. The lowest BCUT2D eigenvalue weighted by Crippen LogP contribution is -2.37. The molecule has 3 aliphatic rings. The highest BCUT2D eigenvalue weighted by Crippen LogP contribution is 2.36. The van der Waals surface area contributed by atoms with Gasteiger partial charge in [0.15, 0.2) is 5.82 Å². The molecule has 31 heavy (non-hydrogen) atoms. The fraction of sp³-hybridized carbons (Fsp3) is 0.565. The van der Waals surface area contributed by atoms with Gasteiger partial charge in [0.25, 0.3) is 5.91 Å². The number of carbonyl (C=O) groups is 2. The first-order chi connectivity index (χ1) is 15.2. The number of rotatable bonds is 6. The number of likely N-dealkylation sites (tertiary alicyclic amines) is 1. The molecule has 1 atom stereocenters. The highest BCUT2D eigenvalue weighted by molar-refractivity contribution is 7.14. The average Bonchev–Trinajstić information content (AvgIpc) is 3.27. The van der Waals surface area contributed by atoms with E-state index in [0.29, 0.717) is 17.7 Å². The van der Waals surface area contributed by atoms with Gasteiger partial charge in [0, 0.05) is 49.7 Å². The summed E-state index contributed by atoms with van der Waals surface area (Å²) in [6.45, 7) is 3.32. The summed E-state index contributed by atoms with van der Waals surface area (Å²) in [5, 5.41) is 11.3. The molecule has 2 aliphatic heterocycles. The summed E-state index contributed by atoms with van der Waals surface area (Å²) in [5.41, 5.74) is 0. The number of nitrogens with one attached hydrogen (secondary N) is 1. The summed E-state index contributed by atoms with van der Waals surface area (Å²) in [5.74, 6) is 2.31. The van der Waals surface area contributed by atoms with Crippen molar-refractivity contribution in [1.29, 1.82) is 0 Å². The molecule has 0 bridgehead atoms. The van der Waals surface area contributed by atoms with Crippen LogP contribution in [0.25, 0.3) is 0 Å². The van der Waals surface area contributed by atoms with Gasteiger partial charge in [-0.2, -0.15) is 5.10 Å². The van der Waals surface area contributed by atoms with E-state index in [1.807, 2.05) is 23.1 Å². The Morgan fingerprint density at radius 3 is 2.65 bits per heavy atom. The predicted molar refractivity (Wildman–Crippen MR) is 120 cm³/mol. The van der Waals surface area contributed by atoms with Gasteiger partial charge >= 0.3 is 0 Å². The average molecular weight is 440 g/mol. The molecule has 2 aromatic heterocycles. The number of amides is 2. The van der Waals surface area contributed by atoms with Crippen LogP contribution in [0.15, 0.2) is 30.5 Å². The number of nitrogens with zero attached hydrogens (tertiary/aromatic N) is 4. The molecule has 7 nitrogen and oxygen atoms in total. The van der Waals surface area contributed by atoms with Crippen molar-refractivity contribution in [2.45, 2.75) is 50.5 Å². The maximum absolute atomic E-state index is 12.8. The maximum Gasteiger partial charge on any atom is 0.261 e. The molecule has 0 radical (unpaired) electrons. The van der Waals surface area contributed by atoms with Crippen LogP contribution in [0.3, 0.4) is 0 Å². The van der Waals surface area contributed by atoms with Crippen molar-refractivity contribution in [2.75, 3.05) is 31.1 Å². The second-order valence-corrected chi connectivity index (χ2v) is 10.1. The van der Waals surface area contributed by atoms with Crippen molar-refractivity contribution in [3.8, 4) is 0 Å². The molecule has 3 fully saturated rings. The van der Waals surface area contributed by atoms with E-state index in [9.17, 15) is 9.59 Å². The summed E-state index contributed by atoms with van der Waals surface area (Å²) in [7, 11) is 0. The first kappa shape index (κ1) is 20.4. The van der Waals surface area contributed by atoms with Gasteiger partial charge in [-0.15, -0.1) is 16.4 Å². The lowest BCUT2D eigenvalue weighted by Gasteiger charge is -2.31. The van der Waals surface area contributed by atoms with Gasteiger partial charge in [0.05, 0.1) is 4.88 Å². The number of carbonyl (C=O) groups excluding carboxylic acids is 2. The molecule has 164 valence electrons. The summed E-state index contributed by atoms with van der Waals surface area (Å²) >= 11 is 1.61. The molecule has 0 unspecified atom stereocenters. The lowest BCUT2D eigenvalue weighted by atomic mass is 9.95. The van der Waals surface area contributed by atoms with Crippen LogP contribution < -0.4 is 10.2 Å². The first-order valence-electron chi connectivity index (χ1n) is 11.4. The van der Waals surface area contributed by atoms with Crippen molar-refractivity contribution in [3.63, 3.8) is 0 Å². The summed E-state index contributed by atoms with van der Waals surface area (Å²) in [6.07, 6.45) is 7.75. The minimum absolute atomic E-state index is 0.0132. The largest absolute Gasteiger partial charge is 0.353 e. The normalized spacial score (nSPS) is 22.0. The van der Waals surface area contributed by atoms with Gasteiger partial charge < -0.3 is 15.1 Å². The summed E-state index contributed by atoms with van der Waals surface area (Å²) < 4.78 is 0. The van der Waals surface area contributed by atoms with Crippen molar-refractivity contribution < 1.29 is 9.59 Å². The third-order valence-electron chi connectivity index (χ3n) is 6.67. The number of anilines is 1. The molecule has 5 rings (SSSR count). The van der Waals surface area contributed by atoms with E-state index in [4.69, 9.17) is 0 Å². The van der Waals surface area contributed by atoms with Crippen molar-refractivity contribution in [2.24, 2.45) is 5.92 Å². The van der Waals surface area contributed by atoms with Crippen LogP contribution in [0, 0.1) is 5.92 Å². The maximum atomic E-state index is 12.8. The Morgan fingerprint density at radius 2 is 1.90 bits per heavy atom. The third-order valence-corrected chi connectivity index (χ3v) is 7.91. The zero-order valence-electron chi connectivity index (χ0n) is 17.7. The molecule has 1 aliphatic carbocycles. The summed E-state index contributed by atoms with van der Waals surface area (Å²) in [6, 6.07) is 8.02. The van der Waals surface area contributed by atoms with Crippen LogP contribution >= 0.6 is 11.3 Å². The standard InChI is InChI=1S/C23H29N5O2S/c29-22(14-16-3-4-16)27-11-7-17(8-12-27)19-5-6-20(31-19)23(30)25-18-9-13-28(15-18)21-2-1-10-24-26-21/h1-2,5-6,10,16-18H,3-4,7-9,11-15H2,(H,25,30)/t18-/m0/s1. The molecule has 2 amide bonds. The molecule has 1 N–H and O–H groups in total. The zero-order valence-corrected chi connectivity index (χ0v) is 18.5. The van der Waals surface area contributed by atoms with E-state index < -0.39 is 0 Å². The van der Waals surface area contributed by atoms with Gasteiger partial charge in [0.1, 0.15) is 0 Å². The van der Waals surface area contributed by atoms with Crippen LogP contribution in [0.5, 0.6) is 0 Å². The second kappa shape index (κ2) is 8.94. The molecule has 2 saturated heterocycles. The number of piperidine rings is 1. The van der Waals surface area contributed by atoms with Crippen molar-refractivity contribution in [1.82, 2.24) is 20.4 Å². The van der Waals surface area contributed by atoms with E-state index in [1.54, 1.807) is 17.5 Å². The molecular weight excluding hydrogens is 410 g/mol. The number of hydrogen-bond acceptors (Lipinski definition) is 6. The van der Waals surface area contributed by atoms with Crippen LogP contribution in [0.2, 0.25) is 0 Å². The number of aromatic nitrogens is 2. The SMILES string of the molecule is O=C(N[C@H]1CCN(c2cccnn2)C1)c1ccc(C2CCN(C(=O)CC3CC3)CC2)s1. The smallest absolute Gasteiger partial charge is 0.261 e. The Bertz CT molecular complexity index is 921. The third kappa shape index (κ3) is 4.89. The molecular formula is C23H29N5O2S.